The van der Waals surface area contributed by atoms with Crippen LogP contribution in [-0.2, 0) is 6.54 Å². The Kier molecular flexibility index (Phi) is 6.39. The Hall–Kier alpha value is -1.62. The highest BCUT2D eigenvalue weighted by molar-refractivity contribution is 6.30. The number of rotatable bonds is 6. The van der Waals surface area contributed by atoms with E-state index in [4.69, 9.17) is 23.2 Å². The average Bonchev–Trinajstić information content (AvgIpc) is 2.50. The largest absolute Gasteiger partial charge is 0.333 e. The van der Waals surface area contributed by atoms with Gasteiger partial charge in [-0.25, -0.2) is 4.98 Å². The van der Waals surface area contributed by atoms with Gasteiger partial charge in [0.1, 0.15) is 5.15 Å². The Morgan fingerprint density at radius 2 is 1.91 bits per heavy atom. The monoisotopic (exact) mass is 351 g/mol. The number of nitrogens with zero attached hydrogens (tertiary/aromatic N) is 3. The highest BCUT2D eigenvalue weighted by atomic mass is 35.5. The van der Waals surface area contributed by atoms with Gasteiger partial charge in [-0.15, -0.1) is 0 Å². The number of benzene rings is 1. The zero-order valence-electron chi connectivity index (χ0n) is 13.2. The Morgan fingerprint density at radius 1 is 1.13 bits per heavy atom. The first-order valence-electron chi connectivity index (χ1n) is 7.25. The summed E-state index contributed by atoms with van der Waals surface area (Å²) in [5, 5.41) is 0.973. The summed E-state index contributed by atoms with van der Waals surface area (Å²) >= 11 is 11.9. The first kappa shape index (κ1) is 17.7. The van der Waals surface area contributed by atoms with Crippen LogP contribution in [0.5, 0.6) is 0 Å². The second-order valence-electron chi connectivity index (χ2n) is 5.53. The summed E-state index contributed by atoms with van der Waals surface area (Å²) in [6, 6.07) is 10.8. The minimum atomic E-state index is -0.0730. The Labute approximate surface area is 146 Å². The molecule has 0 fully saturated rings. The van der Waals surface area contributed by atoms with Gasteiger partial charge in [-0.2, -0.15) is 0 Å². The zero-order chi connectivity index (χ0) is 16.8. The summed E-state index contributed by atoms with van der Waals surface area (Å²) in [7, 11) is 3.96. The van der Waals surface area contributed by atoms with Gasteiger partial charge in [0.25, 0.3) is 5.91 Å². The molecule has 0 N–H and O–H groups in total. The highest BCUT2D eigenvalue weighted by Crippen LogP contribution is 2.15. The van der Waals surface area contributed by atoms with Gasteiger partial charge in [-0.1, -0.05) is 35.3 Å². The molecule has 0 saturated carbocycles. The smallest absolute Gasteiger partial charge is 0.254 e. The van der Waals surface area contributed by atoms with E-state index in [1.54, 1.807) is 23.2 Å². The summed E-state index contributed by atoms with van der Waals surface area (Å²) in [6.07, 6.45) is 1.54. The third kappa shape index (κ3) is 5.50. The fourth-order valence-corrected chi connectivity index (χ4v) is 2.53. The molecule has 6 heteroatoms. The molecule has 0 aliphatic carbocycles. The Balaban J connectivity index is 2.20. The minimum Gasteiger partial charge on any atom is -0.333 e. The van der Waals surface area contributed by atoms with E-state index in [-0.39, 0.29) is 5.91 Å². The van der Waals surface area contributed by atoms with Gasteiger partial charge in [0.2, 0.25) is 0 Å². The molecular formula is C17H19Cl2N3O. The second-order valence-corrected chi connectivity index (χ2v) is 6.35. The van der Waals surface area contributed by atoms with E-state index < -0.39 is 0 Å². The van der Waals surface area contributed by atoms with E-state index in [0.717, 1.165) is 12.1 Å². The minimum absolute atomic E-state index is 0.0730. The van der Waals surface area contributed by atoms with Crippen molar-refractivity contribution in [2.75, 3.05) is 27.2 Å². The fraction of sp³-hybridized carbons (Fsp3) is 0.294. The summed E-state index contributed by atoms with van der Waals surface area (Å²) < 4.78 is 0. The van der Waals surface area contributed by atoms with E-state index in [9.17, 15) is 4.79 Å². The lowest BCUT2D eigenvalue weighted by atomic mass is 10.1. The predicted molar refractivity (Wildman–Crippen MR) is 94.0 cm³/mol. The average molecular weight is 352 g/mol. The molecule has 1 amide bonds. The van der Waals surface area contributed by atoms with Crippen LogP contribution >= 0.6 is 23.2 Å². The van der Waals surface area contributed by atoms with Gasteiger partial charge in [0, 0.05) is 36.4 Å². The van der Waals surface area contributed by atoms with Crippen molar-refractivity contribution in [3.8, 4) is 0 Å². The van der Waals surface area contributed by atoms with E-state index in [1.807, 2.05) is 43.3 Å². The fourth-order valence-electron chi connectivity index (χ4n) is 2.15. The first-order valence-corrected chi connectivity index (χ1v) is 8.01. The quantitative estimate of drug-likeness (QED) is 0.746. The van der Waals surface area contributed by atoms with E-state index in [0.29, 0.717) is 28.8 Å². The maximum absolute atomic E-state index is 12.8. The van der Waals surface area contributed by atoms with Gasteiger partial charge < -0.3 is 9.80 Å². The molecule has 23 heavy (non-hydrogen) atoms. The lowest BCUT2D eigenvalue weighted by Gasteiger charge is -2.25. The van der Waals surface area contributed by atoms with Gasteiger partial charge in [0.15, 0.2) is 0 Å². The van der Waals surface area contributed by atoms with E-state index in [2.05, 4.69) is 4.98 Å². The molecule has 0 radical (unpaired) electrons. The summed E-state index contributed by atoms with van der Waals surface area (Å²) in [5.74, 6) is -0.0730. The molecule has 1 heterocycles. The second kappa shape index (κ2) is 8.29. The molecule has 0 spiro atoms. The summed E-state index contributed by atoms with van der Waals surface area (Å²) in [5.41, 5.74) is 1.52. The molecule has 1 aromatic heterocycles. The molecule has 0 bridgehead atoms. The number of likely N-dealkylation sites (N-methyl/N-ethyl adjacent to an activating group) is 1. The van der Waals surface area contributed by atoms with Crippen molar-refractivity contribution in [3.63, 3.8) is 0 Å². The number of halogens is 2. The normalized spacial score (nSPS) is 10.8. The van der Waals surface area contributed by atoms with Crippen LogP contribution in [-0.4, -0.2) is 47.9 Å². The molecule has 0 aliphatic heterocycles. The van der Waals surface area contributed by atoms with Crippen molar-refractivity contribution in [2.24, 2.45) is 0 Å². The number of aromatic nitrogens is 1. The SMILES string of the molecule is CN(C)CCN(Cc1cccc(Cl)c1)C(=O)c1ccnc(Cl)c1. The van der Waals surface area contributed by atoms with Crippen molar-refractivity contribution in [1.29, 1.82) is 0 Å². The molecule has 2 rings (SSSR count). The maximum Gasteiger partial charge on any atom is 0.254 e. The predicted octanol–water partition coefficient (Wildman–Crippen LogP) is 3.59. The van der Waals surface area contributed by atoms with Gasteiger partial charge in [-0.3, -0.25) is 4.79 Å². The number of carbonyl (C=O) groups is 1. The standard InChI is InChI=1S/C17H19Cl2N3O/c1-21(2)8-9-22(12-13-4-3-5-15(18)10-13)17(23)14-6-7-20-16(19)11-14/h3-7,10-11H,8-9,12H2,1-2H3. The van der Waals surface area contributed by atoms with Gasteiger partial charge in [-0.05, 0) is 43.9 Å². The van der Waals surface area contributed by atoms with Crippen molar-refractivity contribution in [3.05, 3.63) is 63.9 Å². The van der Waals surface area contributed by atoms with E-state index >= 15 is 0 Å². The van der Waals surface area contributed by atoms with Crippen molar-refractivity contribution in [1.82, 2.24) is 14.8 Å². The topological polar surface area (TPSA) is 36.4 Å². The third-order valence-electron chi connectivity index (χ3n) is 3.34. The first-order chi connectivity index (χ1) is 11.0. The molecule has 122 valence electrons. The number of hydrogen-bond donors (Lipinski definition) is 0. The van der Waals surface area contributed by atoms with Crippen LogP contribution in [0, 0.1) is 0 Å². The van der Waals surface area contributed by atoms with Gasteiger partial charge >= 0.3 is 0 Å². The number of carbonyl (C=O) groups excluding carboxylic acids is 1. The number of hydrogen-bond acceptors (Lipinski definition) is 3. The summed E-state index contributed by atoms with van der Waals surface area (Å²) in [4.78, 5) is 20.5. The molecule has 1 aromatic carbocycles. The van der Waals surface area contributed by atoms with Crippen LogP contribution in [0.2, 0.25) is 10.2 Å². The van der Waals surface area contributed by atoms with Crippen molar-refractivity contribution < 1.29 is 4.79 Å². The molecular weight excluding hydrogens is 333 g/mol. The lowest BCUT2D eigenvalue weighted by Crippen LogP contribution is -2.36. The van der Waals surface area contributed by atoms with Crippen LogP contribution < -0.4 is 0 Å². The molecule has 2 aromatic rings. The van der Waals surface area contributed by atoms with Crippen LogP contribution in [0.3, 0.4) is 0 Å². The summed E-state index contributed by atoms with van der Waals surface area (Å²) in [6.45, 7) is 1.87. The van der Waals surface area contributed by atoms with Crippen molar-refractivity contribution in [2.45, 2.75) is 6.54 Å². The lowest BCUT2D eigenvalue weighted by molar-refractivity contribution is 0.0732. The highest BCUT2D eigenvalue weighted by Gasteiger charge is 2.17. The van der Waals surface area contributed by atoms with Gasteiger partial charge in [0.05, 0.1) is 0 Å². The van der Waals surface area contributed by atoms with Crippen LogP contribution in [0.25, 0.3) is 0 Å². The number of amides is 1. The Bertz CT molecular complexity index is 676. The molecule has 0 saturated heterocycles. The molecule has 4 nitrogen and oxygen atoms in total. The van der Waals surface area contributed by atoms with Crippen LogP contribution in [0.15, 0.2) is 42.6 Å². The zero-order valence-corrected chi connectivity index (χ0v) is 14.7. The van der Waals surface area contributed by atoms with Crippen LogP contribution in [0.1, 0.15) is 15.9 Å². The Morgan fingerprint density at radius 3 is 2.57 bits per heavy atom. The van der Waals surface area contributed by atoms with E-state index in [1.165, 1.54) is 0 Å². The molecule has 0 aliphatic rings. The number of pyridine rings is 1. The van der Waals surface area contributed by atoms with Crippen molar-refractivity contribution >= 4 is 29.1 Å². The molecule has 0 atom stereocenters. The molecule has 0 unspecified atom stereocenters. The third-order valence-corrected chi connectivity index (χ3v) is 3.78. The maximum atomic E-state index is 12.8. The van der Waals surface area contributed by atoms with Crippen LogP contribution in [0.4, 0.5) is 0 Å².